The van der Waals surface area contributed by atoms with Crippen molar-refractivity contribution in [1.29, 1.82) is 0 Å². The molecule has 3 nitrogen and oxygen atoms in total. The van der Waals surface area contributed by atoms with Crippen LogP contribution in [0.15, 0.2) is 36.4 Å². The van der Waals surface area contributed by atoms with Crippen LogP contribution in [0, 0.1) is 11.6 Å². The van der Waals surface area contributed by atoms with Gasteiger partial charge in [-0.05, 0) is 72.8 Å². The highest BCUT2D eigenvalue weighted by atomic mass is 19.1. The molecule has 24 heavy (non-hydrogen) atoms. The quantitative estimate of drug-likeness (QED) is 0.904. The fourth-order valence-corrected chi connectivity index (χ4v) is 3.53. The molecule has 126 valence electrons. The van der Waals surface area contributed by atoms with Gasteiger partial charge in [-0.3, -0.25) is 4.79 Å². The number of likely N-dealkylation sites (N-methyl/N-ethyl adjacent to an activating group) is 1. The van der Waals surface area contributed by atoms with E-state index in [1.807, 2.05) is 0 Å². The lowest BCUT2D eigenvalue weighted by Crippen LogP contribution is -2.35. The lowest BCUT2D eigenvalue weighted by atomic mass is 9.83. The number of carboxylic acid groups (broad SMARTS) is 1. The topological polar surface area (TPSA) is 49.3 Å². The molecule has 0 radical (unpaired) electrons. The van der Waals surface area contributed by atoms with Crippen LogP contribution in [0.3, 0.4) is 0 Å². The maximum absolute atomic E-state index is 13.6. The van der Waals surface area contributed by atoms with Crippen LogP contribution < -0.4 is 5.32 Å². The number of hydrogen-bond donors (Lipinski definition) is 2. The zero-order valence-electron chi connectivity index (χ0n) is 13.4. The van der Waals surface area contributed by atoms with E-state index in [9.17, 15) is 18.7 Å². The third kappa shape index (κ3) is 3.17. The molecule has 5 heteroatoms. The normalized spacial score (nSPS) is 15.3. The number of halogens is 2. The van der Waals surface area contributed by atoms with E-state index in [0.29, 0.717) is 19.3 Å². The van der Waals surface area contributed by atoms with Crippen LogP contribution in [0.4, 0.5) is 8.78 Å². The van der Waals surface area contributed by atoms with Crippen LogP contribution in [0.1, 0.15) is 34.6 Å². The molecule has 0 saturated carbocycles. The number of aryl methyl sites for hydroxylation is 2. The second kappa shape index (κ2) is 6.69. The molecule has 0 spiro atoms. The molecule has 1 aliphatic carbocycles. The van der Waals surface area contributed by atoms with Crippen LogP contribution in [0.25, 0.3) is 0 Å². The molecular formula is C19H19F2NO2. The van der Waals surface area contributed by atoms with E-state index in [1.165, 1.54) is 24.3 Å². The van der Waals surface area contributed by atoms with E-state index in [4.69, 9.17) is 0 Å². The van der Waals surface area contributed by atoms with E-state index in [-0.39, 0.29) is 17.6 Å². The van der Waals surface area contributed by atoms with Gasteiger partial charge in [-0.15, -0.1) is 0 Å². The molecule has 2 aromatic carbocycles. The van der Waals surface area contributed by atoms with E-state index >= 15 is 0 Å². The number of rotatable bonds is 4. The molecule has 0 aromatic heterocycles. The predicted octanol–water partition coefficient (Wildman–Crippen LogP) is 3.26. The zero-order valence-corrected chi connectivity index (χ0v) is 13.4. The standard InChI is InChI=1S/C19H19F2NO2/c1-22-18(19(23)24)10-17-15-6-4-13(20)8-11(15)2-3-12-9-14(21)5-7-16(12)17/h4-9,17-18,22H,2-3,10H2,1H3,(H,23,24). The Bertz CT molecular complexity index is 722. The van der Waals surface area contributed by atoms with Crippen LogP contribution in [-0.4, -0.2) is 24.2 Å². The average molecular weight is 331 g/mol. The number of fused-ring (bicyclic) bond motifs is 2. The van der Waals surface area contributed by atoms with Crippen molar-refractivity contribution < 1.29 is 18.7 Å². The summed E-state index contributed by atoms with van der Waals surface area (Å²) in [5.41, 5.74) is 3.56. The summed E-state index contributed by atoms with van der Waals surface area (Å²) in [5.74, 6) is -1.78. The Hall–Kier alpha value is -2.27. The molecule has 2 N–H and O–H groups in total. The van der Waals surface area contributed by atoms with E-state index in [0.717, 1.165) is 22.3 Å². The fraction of sp³-hybridized carbons (Fsp3) is 0.316. The zero-order chi connectivity index (χ0) is 17.3. The number of carbonyl (C=O) groups is 1. The lowest BCUT2D eigenvalue weighted by molar-refractivity contribution is -0.139. The average Bonchev–Trinajstić information content (AvgIpc) is 2.68. The molecule has 2 aromatic rings. The summed E-state index contributed by atoms with van der Waals surface area (Å²) in [6.45, 7) is 0. The minimum absolute atomic E-state index is 0.216. The summed E-state index contributed by atoms with van der Waals surface area (Å²) in [5, 5.41) is 12.2. The second-order valence-corrected chi connectivity index (χ2v) is 6.15. The predicted molar refractivity (Wildman–Crippen MR) is 87.2 cm³/mol. The smallest absolute Gasteiger partial charge is 0.320 e. The van der Waals surface area contributed by atoms with Crippen LogP contribution >= 0.6 is 0 Å². The Morgan fingerprint density at radius 3 is 2.04 bits per heavy atom. The van der Waals surface area contributed by atoms with Gasteiger partial charge in [0.15, 0.2) is 0 Å². The molecule has 0 bridgehead atoms. The van der Waals surface area contributed by atoms with Crippen LogP contribution in [0.2, 0.25) is 0 Å². The minimum Gasteiger partial charge on any atom is -0.480 e. The van der Waals surface area contributed by atoms with Crippen molar-refractivity contribution in [2.24, 2.45) is 0 Å². The highest BCUT2D eigenvalue weighted by Crippen LogP contribution is 2.37. The van der Waals surface area contributed by atoms with Crippen molar-refractivity contribution in [2.45, 2.75) is 31.2 Å². The van der Waals surface area contributed by atoms with Gasteiger partial charge in [0.05, 0.1) is 0 Å². The van der Waals surface area contributed by atoms with Crippen molar-refractivity contribution in [1.82, 2.24) is 5.32 Å². The van der Waals surface area contributed by atoms with E-state index < -0.39 is 12.0 Å². The highest BCUT2D eigenvalue weighted by molar-refractivity contribution is 5.73. The van der Waals surface area contributed by atoms with Gasteiger partial charge in [-0.25, -0.2) is 8.78 Å². The van der Waals surface area contributed by atoms with Gasteiger partial charge in [0, 0.05) is 5.92 Å². The van der Waals surface area contributed by atoms with Gasteiger partial charge in [-0.2, -0.15) is 0 Å². The summed E-state index contributed by atoms with van der Waals surface area (Å²) < 4.78 is 27.3. The third-order valence-corrected chi connectivity index (χ3v) is 4.74. The molecule has 1 unspecified atom stereocenters. The van der Waals surface area contributed by atoms with Crippen molar-refractivity contribution >= 4 is 5.97 Å². The fourth-order valence-electron chi connectivity index (χ4n) is 3.53. The molecule has 0 fully saturated rings. The van der Waals surface area contributed by atoms with Gasteiger partial charge in [0.25, 0.3) is 0 Å². The Balaban J connectivity index is 2.11. The summed E-state index contributed by atoms with van der Waals surface area (Å²) >= 11 is 0. The van der Waals surface area contributed by atoms with Crippen LogP contribution in [-0.2, 0) is 17.6 Å². The maximum Gasteiger partial charge on any atom is 0.320 e. The Morgan fingerprint density at radius 1 is 1.12 bits per heavy atom. The van der Waals surface area contributed by atoms with Crippen LogP contribution in [0.5, 0.6) is 0 Å². The molecule has 0 amide bonds. The second-order valence-electron chi connectivity index (χ2n) is 6.15. The van der Waals surface area contributed by atoms with Gasteiger partial charge in [0.1, 0.15) is 17.7 Å². The summed E-state index contributed by atoms with van der Waals surface area (Å²) in [7, 11) is 1.60. The Labute approximate surface area is 139 Å². The number of benzene rings is 2. The SMILES string of the molecule is CNC(CC1c2ccc(F)cc2CCc2cc(F)ccc21)C(=O)O. The number of hydrogen-bond acceptors (Lipinski definition) is 2. The molecule has 0 aliphatic heterocycles. The largest absolute Gasteiger partial charge is 0.480 e. The molecular weight excluding hydrogens is 312 g/mol. The minimum atomic E-state index is -0.936. The molecule has 0 saturated heterocycles. The van der Waals surface area contributed by atoms with Crippen molar-refractivity contribution in [3.05, 3.63) is 70.3 Å². The third-order valence-electron chi connectivity index (χ3n) is 4.74. The van der Waals surface area contributed by atoms with Crippen molar-refractivity contribution in [3.63, 3.8) is 0 Å². The number of carboxylic acids is 1. The summed E-state index contributed by atoms with van der Waals surface area (Å²) in [4.78, 5) is 11.4. The van der Waals surface area contributed by atoms with Gasteiger partial charge >= 0.3 is 5.97 Å². The van der Waals surface area contributed by atoms with Gasteiger partial charge in [0.2, 0.25) is 0 Å². The summed E-state index contributed by atoms with van der Waals surface area (Å²) in [6, 6.07) is 8.51. The first kappa shape index (κ1) is 16.6. The van der Waals surface area contributed by atoms with Gasteiger partial charge in [-0.1, -0.05) is 12.1 Å². The lowest BCUT2D eigenvalue weighted by Gasteiger charge is -2.23. The van der Waals surface area contributed by atoms with E-state index in [2.05, 4.69) is 5.32 Å². The van der Waals surface area contributed by atoms with E-state index in [1.54, 1.807) is 19.2 Å². The maximum atomic E-state index is 13.6. The molecule has 1 aliphatic rings. The van der Waals surface area contributed by atoms with Crippen molar-refractivity contribution in [3.8, 4) is 0 Å². The monoisotopic (exact) mass is 331 g/mol. The van der Waals surface area contributed by atoms with Crippen molar-refractivity contribution in [2.75, 3.05) is 7.05 Å². The number of nitrogens with one attached hydrogen (secondary N) is 1. The first-order valence-electron chi connectivity index (χ1n) is 7.96. The Kier molecular flexibility index (Phi) is 4.62. The number of aliphatic carboxylic acids is 1. The first-order chi connectivity index (χ1) is 11.5. The molecule has 1 atom stereocenters. The first-order valence-corrected chi connectivity index (χ1v) is 7.96. The van der Waals surface area contributed by atoms with Gasteiger partial charge < -0.3 is 10.4 Å². The molecule has 0 heterocycles. The summed E-state index contributed by atoms with van der Waals surface area (Å²) in [6.07, 6.45) is 1.54. The highest BCUT2D eigenvalue weighted by Gasteiger charge is 2.29. The Morgan fingerprint density at radius 2 is 1.62 bits per heavy atom. The molecule has 3 rings (SSSR count).